The predicted molar refractivity (Wildman–Crippen MR) is 243 cm³/mol. The molecule has 2 fully saturated rings. The van der Waals surface area contributed by atoms with Gasteiger partial charge in [0, 0.05) is 4.57 Å². The van der Waals surface area contributed by atoms with Gasteiger partial charge in [-0.1, -0.05) is 203 Å². The van der Waals surface area contributed by atoms with Gasteiger partial charge < -0.3 is 9.47 Å². The molecule has 5 nitrogen and oxygen atoms in total. The summed E-state index contributed by atoms with van der Waals surface area (Å²) in [6.07, 6.45) is -1.80. The molecule has 2 saturated heterocycles. The van der Waals surface area contributed by atoms with Crippen molar-refractivity contribution in [1.29, 1.82) is 0 Å². The maximum absolute atomic E-state index is 15.4. The molecule has 0 N–H and O–H groups in total. The Bertz CT molecular complexity index is 2470. The minimum atomic E-state index is -2.91. The van der Waals surface area contributed by atoms with Crippen molar-refractivity contribution in [2.24, 2.45) is 0 Å². The van der Waals surface area contributed by atoms with Crippen LogP contribution in [0.15, 0.2) is 218 Å². The summed E-state index contributed by atoms with van der Waals surface area (Å²) in [6, 6.07) is 74.1. The average molecular weight is 816 g/mol. The Morgan fingerprint density at radius 2 is 0.590 bits per heavy atom. The summed E-state index contributed by atoms with van der Waals surface area (Å²) in [5.41, 5.74) is 8.10. The Morgan fingerprint density at radius 3 is 0.852 bits per heavy atom. The first-order valence-corrected chi connectivity index (χ1v) is 21.8. The topological polar surface area (TPSA) is 54.0 Å². The lowest BCUT2D eigenvalue weighted by molar-refractivity contribution is -0.174. The molecule has 2 atom stereocenters. The normalized spacial score (nSPS) is 18.8. The first kappa shape index (κ1) is 38.9. The fraction of sp³-hybridized carbons (Fsp3) is 0.127. The Balaban J connectivity index is 1.27. The molecule has 61 heavy (non-hydrogen) atoms. The van der Waals surface area contributed by atoms with E-state index in [-0.39, 0.29) is 0 Å². The van der Waals surface area contributed by atoms with Crippen LogP contribution in [0.5, 0.6) is 0 Å². The van der Waals surface area contributed by atoms with Crippen molar-refractivity contribution in [2.75, 3.05) is 0 Å². The van der Waals surface area contributed by atoms with Crippen LogP contribution in [0.25, 0.3) is 44.5 Å². The van der Waals surface area contributed by atoms with Gasteiger partial charge in [-0.25, -0.2) is 0 Å². The minimum absolute atomic E-state index is 0.759. The van der Waals surface area contributed by atoms with Crippen LogP contribution >= 0.6 is 8.25 Å². The Labute approximate surface area is 358 Å². The molecule has 2 heterocycles. The highest BCUT2D eigenvalue weighted by Crippen LogP contribution is 2.62. The molecule has 0 saturated carbocycles. The van der Waals surface area contributed by atoms with E-state index in [1.165, 1.54) is 0 Å². The number of ether oxygens (including phenoxy) is 2. The third-order valence-corrected chi connectivity index (χ3v) is 12.8. The lowest BCUT2D eigenvalue weighted by atomic mass is 9.71. The molecule has 0 radical (unpaired) electrons. The smallest absolute Gasteiger partial charge is 0.340 e. The minimum Gasteiger partial charge on any atom is -0.340 e. The van der Waals surface area contributed by atoms with E-state index in [0.717, 1.165) is 66.8 Å². The van der Waals surface area contributed by atoms with Crippen LogP contribution in [0.2, 0.25) is 0 Å². The number of hydrogen-bond donors (Lipinski definition) is 0. The van der Waals surface area contributed by atoms with Crippen molar-refractivity contribution in [1.82, 2.24) is 0 Å². The maximum Gasteiger partial charge on any atom is 0.700 e. The zero-order chi connectivity index (χ0) is 41.4. The van der Waals surface area contributed by atoms with Crippen molar-refractivity contribution in [3.05, 3.63) is 241 Å². The molecule has 0 aromatic heterocycles. The largest absolute Gasteiger partial charge is 0.700 e. The van der Waals surface area contributed by atoms with E-state index >= 15 is 4.57 Å². The molecule has 6 heteroatoms. The van der Waals surface area contributed by atoms with E-state index in [2.05, 4.69) is 97.1 Å². The summed E-state index contributed by atoms with van der Waals surface area (Å²) in [5, 5.41) is 0. The van der Waals surface area contributed by atoms with Gasteiger partial charge in [-0.05, 0) is 105 Å². The number of rotatable bonds is 8. The van der Waals surface area contributed by atoms with Crippen LogP contribution in [-0.2, 0) is 34.3 Å². The third-order valence-electron chi connectivity index (χ3n) is 11.9. The molecule has 0 spiro atoms. The van der Waals surface area contributed by atoms with E-state index < -0.39 is 37.5 Å². The summed E-state index contributed by atoms with van der Waals surface area (Å²) in [7, 11) is -2.91. The first-order valence-electron chi connectivity index (χ1n) is 20.7. The number of benzene rings is 8. The highest BCUT2D eigenvalue weighted by Gasteiger charge is 2.71. The maximum atomic E-state index is 15.4. The lowest BCUT2D eigenvalue weighted by Gasteiger charge is -2.39. The predicted octanol–water partition coefficient (Wildman–Crippen LogP) is 13.8. The second-order valence-electron chi connectivity index (χ2n) is 16.1. The van der Waals surface area contributed by atoms with Gasteiger partial charge in [-0.3, -0.25) is 0 Å². The molecule has 2 aliphatic rings. The van der Waals surface area contributed by atoms with E-state index in [1.54, 1.807) is 0 Å². The van der Waals surface area contributed by atoms with E-state index in [4.69, 9.17) is 18.5 Å². The van der Waals surface area contributed by atoms with Crippen LogP contribution in [0, 0.1) is 0 Å². The third kappa shape index (κ3) is 7.15. The molecule has 10 rings (SSSR count). The highest BCUT2D eigenvalue weighted by atomic mass is 31.1. The van der Waals surface area contributed by atoms with Gasteiger partial charge in [-0.15, -0.1) is 0 Å². The van der Waals surface area contributed by atoms with Crippen LogP contribution in [0.3, 0.4) is 0 Å². The van der Waals surface area contributed by atoms with E-state index in [0.29, 0.717) is 0 Å². The summed E-state index contributed by atoms with van der Waals surface area (Å²) in [6.45, 7) is 3.86. The summed E-state index contributed by atoms with van der Waals surface area (Å²) in [4.78, 5) is 0. The van der Waals surface area contributed by atoms with Crippen molar-refractivity contribution < 1.29 is 23.1 Å². The molecular formula is C55H44O5P+. The zero-order valence-corrected chi connectivity index (χ0v) is 34.8. The van der Waals surface area contributed by atoms with E-state index in [9.17, 15) is 0 Å². The summed E-state index contributed by atoms with van der Waals surface area (Å²) in [5.74, 6) is -1.12. The summed E-state index contributed by atoms with van der Waals surface area (Å²) < 4.78 is 44.3. The van der Waals surface area contributed by atoms with Crippen LogP contribution in [0.1, 0.15) is 36.1 Å². The van der Waals surface area contributed by atoms with Gasteiger partial charge in [0.1, 0.15) is 12.2 Å². The molecule has 2 aliphatic heterocycles. The Morgan fingerprint density at radius 1 is 0.344 bits per heavy atom. The molecule has 0 aliphatic carbocycles. The van der Waals surface area contributed by atoms with Gasteiger partial charge in [-0.2, -0.15) is 0 Å². The van der Waals surface area contributed by atoms with E-state index in [1.807, 2.05) is 135 Å². The van der Waals surface area contributed by atoms with Crippen molar-refractivity contribution in [3.8, 4) is 44.5 Å². The molecule has 0 amide bonds. The molecule has 0 bridgehead atoms. The highest BCUT2D eigenvalue weighted by molar-refractivity contribution is 7.33. The van der Waals surface area contributed by atoms with Gasteiger partial charge >= 0.3 is 8.25 Å². The lowest BCUT2D eigenvalue weighted by Crippen LogP contribution is -2.53. The first-order chi connectivity index (χ1) is 29.8. The Hall–Kier alpha value is -6.30. The van der Waals surface area contributed by atoms with Gasteiger partial charge in [0.25, 0.3) is 0 Å². The average Bonchev–Trinajstić information content (AvgIpc) is 3.61. The SMILES string of the molecule is CC1(C)O[C@H]2[C@H](O1)C(c1cccc(-c3ccccc3)c1)(c1cccc(-c3ccccc3)c1)O[P+](=O)OC2(c1cccc(-c2ccccc2)c1)c1cccc(-c2ccccc2)c1. The monoisotopic (exact) mass is 815 g/mol. The molecule has 8 aromatic rings. The van der Waals surface area contributed by atoms with Gasteiger partial charge in [0.2, 0.25) is 11.2 Å². The fourth-order valence-corrected chi connectivity index (χ4v) is 10.3. The zero-order valence-electron chi connectivity index (χ0n) is 33.9. The quantitative estimate of drug-likeness (QED) is 0.143. The molecule has 8 aromatic carbocycles. The fourth-order valence-electron chi connectivity index (χ4n) is 9.16. The molecule has 0 unspecified atom stereocenters. The number of hydrogen-bond acceptors (Lipinski definition) is 5. The number of fused-ring (bicyclic) bond motifs is 1. The van der Waals surface area contributed by atoms with Gasteiger partial charge in [0.05, 0.1) is 0 Å². The van der Waals surface area contributed by atoms with Crippen LogP contribution in [-0.4, -0.2) is 18.0 Å². The van der Waals surface area contributed by atoms with Crippen molar-refractivity contribution >= 4 is 8.25 Å². The Kier molecular flexibility index (Phi) is 10.2. The van der Waals surface area contributed by atoms with Crippen molar-refractivity contribution in [2.45, 2.75) is 43.0 Å². The molecular weight excluding hydrogens is 772 g/mol. The summed E-state index contributed by atoms with van der Waals surface area (Å²) >= 11 is 0. The van der Waals surface area contributed by atoms with Crippen LogP contribution in [0.4, 0.5) is 0 Å². The molecule has 298 valence electrons. The standard InChI is InChI=1S/C55H44O5P/c1-53(2)57-51-52(58-53)55(49-33-17-29-45(37-49)41-23-11-5-12-24-41,50-34-18-30-46(38-50)42-25-13-6-14-26-42)60-61(56)59-54(51,47-31-15-27-43(35-47)39-19-7-3-8-20-39)48-32-16-28-44(36-48)40-21-9-4-10-22-40/h3-38,51-52H,1-2H3/q+1/t51-,52-/m0/s1. The second kappa shape index (κ2) is 15.9. The second-order valence-corrected chi connectivity index (χ2v) is 17.0. The van der Waals surface area contributed by atoms with Crippen molar-refractivity contribution in [3.63, 3.8) is 0 Å². The van der Waals surface area contributed by atoms with Crippen LogP contribution < -0.4 is 0 Å². The van der Waals surface area contributed by atoms with Gasteiger partial charge in [0.15, 0.2) is 5.79 Å².